The molecule has 4 heteroatoms. The molecule has 1 aliphatic rings. The van der Waals surface area contributed by atoms with Gasteiger partial charge in [-0.3, -0.25) is 0 Å². The third kappa shape index (κ3) is 3.27. The fourth-order valence-corrected chi connectivity index (χ4v) is 2.68. The van der Waals surface area contributed by atoms with Crippen molar-refractivity contribution in [1.82, 2.24) is 5.32 Å². The van der Waals surface area contributed by atoms with Gasteiger partial charge in [-0.15, -0.1) is 0 Å². The standard InChI is InChI=1S/C14H19F2NO/c15-13-5-4-11(14(16)6-13)8-17-7-10-2-1-3-12(10)9-18/h4-6,10,12,17-18H,1-3,7-9H2. The Bertz CT molecular complexity index is 397. The number of nitrogens with one attached hydrogen (secondary N) is 1. The Morgan fingerprint density at radius 2 is 2.00 bits per heavy atom. The summed E-state index contributed by atoms with van der Waals surface area (Å²) >= 11 is 0. The fourth-order valence-electron chi connectivity index (χ4n) is 2.68. The van der Waals surface area contributed by atoms with Crippen LogP contribution in [0.1, 0.15) is 24.8 Å². The van der Waals surface area contributed by atoms with Gasteiger partial charge >= 0.3 is 0 Å². The second-order valence-corrected chi connectivity index (χ2v) is 5.00. The SMILES string of the molecule is OCC1CCCC1CNCc1ccc(F)cc1F. The fraction of sp³-hybridized carbons (Fsp3) is 0.571. The topological polar surface area (TPSA) is 32.3 Å². The van der Waals surface area contributed by atoms with Gasteiger partial charge in [-0.05, 0) is 37.3 Å². The second kappa shape index (κ2) is 6.25. The lowest BCUT2D eigenvalue weighted by Crippen LogP contribution is -2.26. The quantitative estimate of drug-likeness (QED) is 0.847. The molecule has 18 heavy (non-hydrogen) atoms. The molecule has 0 saturated heterocycles. The van der Waals surface area contributed by atoms with Crippen LogP contribution >= 0.6 is 0 Å². The van der Waals surface area contributed by atoms with Gasteiger partial charge in [0.15, 0.2) is 0 Å². The van der Waals surface area contributed by atoms with Crippen molar-refractivity contribution in [3.8, 4) is 0 Å². The second-order valence-electron chi connectivity index (χ2n) is 5.00. The molecule has 0 aliphatic heterocycles. The molecule has 0 amide bonds. The Hall–Kier alpha value is -1.00. The molecule has 0 spiro atoms. The van der Waals surface area contributed by atoms with Crippen molar-refractivity contribution in [2.45, 2.75) is 25.8 Å². The summed E-state index contributed by atoms with van der Waals surface area (Å²) in [4.78, 5) is 0. The number of aliphatic hydroxyl groups excluding tert-OH is 1. The molecule has 0 bridgehead atoms. The van der Waals surface area contributed by atoms with Gasteiger partial charge in [0.25, 0.3) is 0 Å². The van der Waals surface area contributed by atoms with Crippen LogP contribution in [0.3, 0.4) is 0 Å². The number of halogens is 2. The van der Waals surface area contributed by atoms with Crippen molar-refractivity contribution in [1.29, 1.82) is 0 Å². The number of hydrogen-bond acceptors (Lipinski definition) is 2. The maximum Gasteiger partial charge on any atom is 0.130 e. The summed E-state index contributed by atoms with van der Waals surface area (Å²) < 4.78 is 26.1. The molecule has 2 unspecified atom stereocenters. The van der Waals surface area contributed by atoms with Gasteiger partial charge in [-0.1, -0.05) is 12.5 Å². The van der Waals surface area contributed by atoms with Crippen LogP contribution in [0, 0.1) is 23.5 Å². The Labute approximate surface area is 106 Å². The zero-order valence-electron chi connectivity index (χ0n) is 10.3. The molecular formula is C14H19F2NO. The third-order valence-corrected chi connectivity index (χ3v) is 3.79. The van der Waals surface area contributed by atoms with Crippen LogP contribution in [-0.4, -0.2) is 18.3 Å². The van der Waals surface area contributed by atoms with E-state index >= 15 is 0 Å². The van der Waals surface area contributed by atoms with Gasteiger partial charge in [-0.2, -0.15) is 0 Å². The average Bonchev–Trinajstić information content (AvgIpc) is 2.79. The van der Waals surface area contributed by atoms with E-state index < -0.39 is 11.6 Å². The molecule has 1 aliphatic carbocycles. The van der Waals surface area contributed by atoms with Gasteiger partial charge in [0, 0.05) is 24.8 Å². The van der Waals surface area contributed by atoms with Crippen LogP contribution < -0.4 is 5.32 Å². The van der Waals surface area contributed by atoms with Crippen molar-refractivity contribution >= 4 is 0 Å². The normalized spacial score (nSPS) is 23.5. The largest absolute Gasteiger partial charge is 0.396 e. The third-order valence-electron chi connectivity index (χ3n) is 3.79. The summed E-state index contributed by atoms with van der Waals surface area (Å²) in [5.41, 5.74) is 0.481. The number of aliphatic hydroxyl groups is 1. The summed E-state index contributed by atoms with van der Waals surface area (Å²) in [5, 5.41) is 12.4. The molecule has 1 aromatic rings. The zero-order valence-corrected chi connectivity index (χ0v) is 10.3. The van der Waals surface area contributed by atoms with Crippen LogP contribution in [0.4, 0.5) is 8.78 Å². The highest BCUT2D eigenvalue weighted by atomic mass is 19.1. The van der Waals surface area contributed by atoms with Crippen molar-refractivity contribution in [3.63, 3.8) is 0 Å². The number of hydrogen-bond donors (Lipinski definition) is 2. The van der Waals surface area contributed by atoms with Gasteiger partial charge in [-0.25, -0.2) is 8.78 Å². The summed E-state index contributed by atoms with van der Waals surface area (Å²) in [6.45, 7) is 1.42. The van der Waals surface area contributed by atoms with Crippen molar-refractivity contribution in [2.24, 2.45) is 11.8 Å². The smallest absolute Gasteiger partial charge is 0.130 e. The maximum atomic E-state index is 13.4. The van der Waals surface area contributed by atoms with E-state index in [0.29, 0.717) is 23.9 Å². The van der Waals surface area contributed by atoms with Crippen molar-refractivity contribution < 1.29 is 13.9 Å². The molecule has 0 radical (unpaired) electrons. The molecule has 0 aromatic heterocycles. The van der Waals surface area contributed by atoms with Crippen molar-refractivity contribution in [3.05, 3.63) is 35.4 Å². The summed E-state index contributed by atoms with van der Waals surface area (Å²) in [5.74, 6) is -0.214. The Balaban J connectivity index is 1.81. The van der Waals surface area contributed by atoms with Crippen LogP contribution in [0.25, 0.3) is 0 Å². The predicted molar refractivity (Wildman–Crippen MR) is 66.0 cm³/mol. The molecule has 0 heterocycles. The summed E-state index contributed by atoms with van der Waals surface area (Å²) in [7, 11) is 0. The van der Waals surface area contributed by atoms with Crippen LogP contribution in [-0.2, 0) is 6.54 Å². The van der Waals surface area contributed by atoms with Crippen LogP contribution in [0.2, 0.25) is 0 Å². The molecule has 1 aromatic carbocycles. The van der Waals surface area contributed by atoms with Gasteiger partial charge in [0.1, 0.15) is 11.6 Å². The Morgan fingerprint density at radius 1 is 1.22 bits per heavy atom. The van der Waals surface area contributed by atoms with Gasteiger partial charge < -0.3 is 10.4 Å². The number of rotatable bonds is 5. The first-order valence-electron chi connectivity index (χ1n) is 6.46. The molecule has 1 saturated carbocycles. The first-order chi connectivity index (χ1) is 8.70. The van der Waals surface area contributed by atoms with E-state index in [1.54, 1.807) is 0 Å². The van der Waals surface area contributed by atoms with Crippen LogP contribution in [0.5, 0.6) is 0 Å². The van der Waals surface area contributed by atoms with E-state index in [4.69, 9.17) is 0 Å². The summed E-state index contributed by atoms with van der Waals surface area (Å²) in [6.07, 6.45) is 3.35. The first kappa shape index (κ1) is 13.4. The molecular weight excluding hydrogens is 236 g/mol. The van der Waals surface area contributed by atoms with E-state index in [9.17, 15) is 13.9 Å². The molecule has 1 fully saturated rings. The minimum absolute atomic E-state index is 0.233. The molecule has 2 nitrogen and oxygen atoms in total. The Kier molecular flexibility index (Phi) is 4.66. The number of benzene rings is 1. The monoisotopic (exact) mass is 255 g/mol. The molecule has 2 rings (SSSR count). The van der Waals surface area contributed by atoms with Gasteiger partial charge in [0.2, 0.25) is 0 Å². The van der Waals surface area contributed by atoms with E-state index in [1.165, 1.54) is 12.1 Å². The highest BCUT2D eigenvalue weighted by molar-refractivity contribution is 5.18. The van der Waals surface area contributed by atoms with E-state index in [0.717, 1.165) is 31.9 Å². The average molecular weight is 255 g/mol. The molecule has 2 N–H and O–H groups in total. The van der Waals surface area contributed by atoms with E-state index in [2.05, 4.69) is 5.32 Å². The minimum Gasteiger partial charge on any atom is -0.396 e. The molecule has 2 atom stereocenters. The van der Waals surface area contributed by atoms with Crippen LogP contribution in [0.15, 0.2) is 18.2 Å². The highest BCUT2D eigenvalue weighted by Crippen LogP contribution is 2.30. The maximum absolute atomic E-state index is 13.4. The Morgan fingerprint density at radius 3 is 2.72 bits per heavy atom. The summed E-state index contributed by atoms with van der Waals surface area (Å²) in [6, 6.07) is 3.64. The highest BCUT2D eigenvalue weighted by Gasteiger charge is 2.25. The lowest BCUT2D eigenvalue weighted by atomic mass is 9.97. The predicted octanol–water partition coefficient (Wildman–Crippen LogP) is 2.46. The lowest BCUT2D eigenvalue weighted by Gasteiger charge is -2.17. The zero-order chi connectivity index (χ0) is 13.0. The minimum atomic E-state index is -0.549. The van der Waals surface area contributed by atoms with Gasteiger partial charge in [0.05, 0.1) is 0 Å². The first-order valence-corrected chi connectivity index (χ1v) is 6.46. The lowest BCUT2D eigenvalue weighted by molar-refractivity contribution is 0.192. The van der Waals surface area contributed by atoms with E-state index in [-0.39, 0.29) is 6.61 Å². The van der Waals surface area contributed by atoms with Crippen molar-refractivity contribution in [2.75, 3.05) is 13.2 Å². The van der Waals surface area contributed by atoms with E-state index in [1.807, 2.05) is 0 Å². The molecule has 100 valence electrons.